The Morgan fingerprint density at radius 3 is 2.41 bits per heavy atom. The van der Waals surface area contributed by atoms with Crippen molar-refractivity contribution in [2.45, 2.75) is 12.3 Å². The molecule has 0 spiro atoms. The van der Waals surface area contributed by atoms with Gasteiger partial charge in [-0.2, -0.15) is 5.26 Å². The number of sulfonamides is 1. The average Bonchev–Trinajstić information content (AvgIpc) is 2.47. The van der Waals surface area contributed by atoms with Crippen LogP contribution in [0.15, 0.2) is 48.5 Å². The molecule has 0 unspecified atom stereocenters. The Morgan fingerprint density at radius 1 is 1.14 bits per heavy atom. The smallest absolute Gasteiger partial charge is 0.212 e. The van der Waals surface area contributed by atoms with Crippen LogP contribution in [0.2, 0.25) is 5.02 Å². The standard InChI is InChI=1S/C16H15ClN2O2S/c1-19(11-15-3-2-4-16(17)9-15)22(20,21)12-14-7-5-13(10-18)6-8-14/h2-9H,11-12H2,1H3. The summed E-state index contributed by atoms with van der Waals surface area (Å²) in [6.07, 6.45) is 0. The highest BCUT2D eigenvalue weighted by Gasteiger charge is 2.18. The Kier molecular flexibility index (Phi) is 5.19. The van der Waals surface area contributed by atoms with Crippen molar-refractivity contribution in [3.05, 3.63) is 70.2 Å². The predicted octanol–water partition coefficient (Wildman–Crippen LogP) is 3.17. The lowest BCUT2D eigenvalue weighted by Gasteiger charge is -2.17. The van der Waals surface area contributed by atoms with Crippen LogP contribution in [-0.4, -0.2) is 19.8 Å². The van der Waals surface area contributed by atoms with E-state index in [4.69, 9.17) is 16.9 Å². The molecule has 2 rings (SSSR count). The first-order valence-electron chi connectivity index (χ1n) is 6.58. The normalized spacial score (nSPS) is 11.4. The molecule has 6 heteroatoms. The van der Waals surface area contributed by atoms with Crippen molar-refractivity contribution in [2.75, 3.05) is 7.05 Å². The molecule has 2 aromatic rings. The van der Waals surface area contributed by atoms with Crippen LogP contribution >= 0.6 is 11.6 Å². The monoisotopic (exact) mass is 334 g/mol. The van der Waals surface area contributed by atoms with Crippen molar-refractivity contribution in [3.8, 4) is 6.07 Å². The third-order valence-corrected chi connectivity index (χ3v) is 5.21. The number of hydrogen-bond donors (Lipinski definition) is 0. The molecule has 0 saturated carbocycles. The van der Waals surface area contributed by atoms with Gasteiger partial charge in [0.1, 0.15) is 0 Å². The molecule has 0 aliphatic heterocycles. The summed E-state index contributed by atoms with van der Waals surface area (Å²) < 4.78 is 26.0. The van der Waals surface area contributed by atoms with Crippen LogP contribution in [0.5, 0.6) is 0 Å². The van der Waals surface area contributed by atoms with Gasteiger partial charge in [-0.15, -0.1) is 0 Å². The molecule has 0 heterocycles. The van der Waals surface area contributed by atoms with Crippen LogP contribution < -0.4 is 0 Å². The van der Waals surface area contributed by atoms with Gasteiger partial charge in [0.2, 0.25) is 10.0 Å². The van der Waals surface area contributed by atoms with Crippen LogP contribution in [0.4, 0.5) is 0 Å². The average molecular weight is 335 g/mol. The summed E-state index contributed by atoms with van der Waals surface area (Å²) >= 11 is 5.91. The van der Waals surface area contributed by atoms with Gasteiger partial charge >= 0.3 is 0 Å². The van der Waals surface area contributed by atoms with Crippen molar-refractivity contribution in [1.82, 2.24) is 4.31 Å². The van der Waals surface area contributed by atoms with Crippen molar-refractivity contribution in [2.24, 2.45) is 0 Å². The van der Waals surface area contributed by atoms with E-state index in [1.54, 1.807) is 49.5 Å². The summed E-state index contributed by atoms with van der Waals surface area (Å²) in [6.45, 7) is 0.263. The fraction of sp³-hybridized carbons (Fsp3) is 0.188. The Morgan fingerprint density at radius 2 is 1.82 bits per heavy atom. The van der Waals surface area contributed by atoms with Crippen LogP contribution in [0.1, 0.15) is 16.7 Å². The molecule has 0 saturated heterocycles. The van der Waals surface area contributed by atoms with E-state index in [1.807, 2.05) is 12.1 Å². The van der Waals surface area contributed by atoms with E-state index in [9.17, 15) is 8.42 Å². The largest absolute Gasteiger partial charge is 0.218 e. The zero-order valence-electron chi connectivity index (χ0n) is 12.0. The van der Waals surface area contributed by atoms with Crippen molar-refractivity contribution < 1.29 is 8.42 Å². The predicted molar refractivity (Wildman–Crippen MR) is 86.7 cm³/mol. The fourth-order valence-electron chi connectivity index (χ4n) is 1.99. The summed E-state index contributed by atoms with van der Waals surface area (Å²) in [5.74, 6) is -0.101. The van der Waals surface area contributed by atoms with Gasteiger partial charge in [-0.1, -0.05) is 35.9 Å². The maximum Gasteiger partial charge on any atom is 0.218 e. The number of nitriles is 1. The summed E-state index contributed by atoms with van der Waals surface area (Å²) in [4.78, 5) is 0. The molecule has 0 aromatic heterocycles. The summed E-state index contributed by atoms with van der Waals surface area (Å²) in [6, 6.07) is 15.7. The van der Waals surface area contributed by atoms with Gasteiger partial charge in [-0.05, 0) is 35.4 Å². The lowest BCUT2D eigenvalue weighted by atomic mass is 10.2. The lowest BCUT2D eigenvalue weighted by molar-refractivity contribution is 0.466. The molecule has 0 bridgehead atoms. The Bertz CT molecular complexity index is 796. The van der Waals surface area contributed by atoms with Crippen molar-refractivity contribution >= 4 is 21.6 Å². The minimum absolute atomic E-state index is 0.101. The van der Waals surface area contributed by atoms with Gasteiger partial charge in [0.15, 0.2) is 0 Å². The molecular formula is C16H15ClN2O2S. The van der Waals surface area contributed by atoms with E-state index in [0.717, 1.165) is 5.56 Å². The molecular weight excluding hydrogens is 320 g/mol. The van der Waals surface area contributed by atoms with E-state index in [2.05, 4.69) is 0 Å². The second kappa shape index (κ2) is 6.93. The maximum absolute atomic E-state index is 12.4. The van der Waals surface area contributed by atoms with Crippen LogP contribution in [0.3, 0.4) is 0 Å². The highest BCUT2D eigenvalue weighted by molar-refractivity contribution is 7.88. The second-order valence-corrected chi connectivity index (χ2v) is 7.46. The van der Waals surface area contributed by atoms with E-state index >= 15 is 0 Å². The second-order valence-electron chi connectivity index (χ2n) is 4.95. The quantitative estimate of drug-likeness (QED) is 0.843. The van der Waals surface area contributed by atoms with Crippen LogP contribution in [-0.2, 0) is 22.3 Å². The number of halogens is 1. The molecule has 0 N–H and O–H groups in total. The Hall–Kier alpha value is -1.87. The molecule has 0 aliphatic rings. The molecule has 22 heavy (non-hydrogen) atoms. The molecule has 2 aromatic carbocycles. The highest BCUT2D eigenvalue weighted by Crippen LogP contribution is 2.16. The van der Waals surface area contributed by atoms with Crippen LogP contribution in [0, 0.1) is 11.3 Å². The zero-order valence-corrected chi connectivity index (χ0v) is 13.6. The van der Waals surface area contributed by atoms with Gasteiger partial charge < -0.3 is 0 Å². The molecule has 0 radical (unpaired) electrons. The van der Waals surface area contributed by atoms with Gasteiger partial charge in [-0.3, -0.25) is 0 Å². The first-order chi connectivity index (χ1) is 10.4. The van der Waals surface area contributed by atoms with Gasteiger partial charge in [0.05, 0.1) is 17.4 Å². The van der Waals surface area contributed by atoms with Gasteiger partial charge in [0, 0.05) is 18.6 Å². The van der Waals surface area contributed by atoms with E-state index in [1.165, 1.54) is 4.31 Å². The highest BCUT2D eigenvalue weighted by atomic mass is 35.5. The summed E-state index contributed by atoms with van der Waals surface area (Å²) in [7, 11) is -1.90. The molecule has 0 amide bonds. The van der Waals surface area contributed by atoms with E-state index in [0.29, 0.717) is 16.1 Å². The molecule has 4 nitrogen and oxygen atoms in total. The SMILES string of the molecule is CN(Cc1cccc(Cl)c1)S(=O)(=O)Cc1ccc(C#N)cc1. The number of benzene rings is 2. The third-order valence-electron chi connectivity index (χ3n) is 3.20. The molecule has 0 aliphatic carbocycles. The summed E-state index contributed by atoms with van der Waals surface area (Å²) in [5.41, 5.74) is 1.99. The number of hydrogen-bond acceptors (Lipinski definition) is 3. The van der Waals surface area contributed by atoms with Gasteiger partial charge in [0.25, 0.3) is 0 Å². The molecule has 114 valence electrons. The Labute approximate surface area is 135 Å². The van der Waals surface area contributed by atoms with Crippen molar-refractivity contribution in [1.29, 1.82) is 5.26 Å². The maximum atomic E-state index is 12.4. The lowest BCUT2D eigenvalue weighted by Crippen LogP contribution is -2.27. The first kappa shape index (κ1) is 16.5. The van der Waals surface area contributed by atoms with E-state index in [-0.39, 0.29) is 12.3 Å². The van der Waals surface area contributed by atoms with Gasteiger partial charge in [-0.25, -0.2) is 12.7 Å². The van der Waals surface area contributed by atoms with Crippen LogP contribution in [0.25, 0.3) is 0 Å². The number of rotatable bonds is 5. The molecule has 0 fully saturated rings. The Balaban J connectivity index is 2.10. The minimum atomic E-state index is -3.44. The summed E-state index contributed by atoms with van der Waals surface area (Å²) in [5, 5.41) is 9.33. The third kappa shape index (κ3) is 4.31. The zero-order chi connectivity index (χ0) is 16.2. The fourth-order valence-corrected chi connectivity index (χ4v) is 3.38. The molecule has 0 atom stereocenters. The van der Waals surface area contributed by atoms with Crippen molar-refractivity contribution in [3.63, 3.8) is 0 Å². The topological polar surface area (TPSA) is 61.2 Å². The minimum Gasteiger partial charge on any atom is -0.212 e. The van der Waals surface area contributed by atoms with E-state index < -0.39 is 10.0 Å². The first-order valence-corrected chi connectivity index (χ1v) is 8.57. The number of nitrogens with zero attached hydrogens (tertiary/aromatic N) is 2.